The standard InChI is InChI=1S/C24H30N8O.2ClH/c1-7-33-19-11-16(22-31-27-14-32(22)6)8-9-18(19)29-23-25-12-17-10-15(2)28-21(20(17)30-23)26-13-24(3,4)5;;/h8-12,14H,7,13H2,1-6H3,(H,26,28)(H,25,29,30);2*1H. The summed E-state index contributed by atoms with van der Waals surface area (Å²) in [5.41, 5.74) is 3.49. The molecule has 3 aromatic heterocycles. The van der Waals surface area contributed by atoms with E-state index < -0.39 is 0 Å². The number of fused-ring (bicyclic) bond motifs is 1. The van der Waals surface area contributed by atoms with Crippen LogP contribution in [0.5, 0.6) is 5.75 Å². The first kappa shape index (κ1) is 28.1. The number of hydrogen-bond donors (Lipinski definition) is 2. The van der Waals surface area contributed by atoms with Crippen LogP contribution in [0.3, 0.4) is 0 Å². The highest BCUT2D eigenvalue weighted by molar-refractivity contribution is 5.89. The summed E-state index contributed by atoms with van der Waals surface area (Å²) in [6, 6.07) is 7.84. The van der Waals surface area contributed by atoms with Gasteiger partial charge in [-0.1, -0.05) is 20.8 Å². The highest BCUT2D eigenvalue weighted by Gasteiger charge is 2.15. The maximum Gasteiger partial charge on any atom is 0.227 e. The monoisotopic (exact) mass is 518 g/mol. The fourth-order valence-corrected chi connectivity index (χ4v) is 3.41. The molecule has 2 N–H and O–H groups in total. The minimum Gasteiger partial charge on any atom is -0.492 e. The molecule has 0 amide bonds. The molecule has 0 fully saturated rings. The number of anilines is 3. The van der Waals surface area contributed by atoms with Crippen LogP contribution < -0.4 is 15.4 Å². The Morgan fingerprint density at radius 1 is 1.09 bits per heavy atom. The average molecular weight is 519 g/mol. The van der Waals surface area contributed by atoms with Crippen molar-refractivity contribution < 1.29 is 4.74 Å². The number of pyridine rings is 1. The van der Waals surface area contributed by atoms with E-state index in [4.69, 9.17) is 9.72 Å². The Hall–Kier alpha value is -3.17. The second kappa shape index (κ2) is 11.5. The van der Waals surface area contributed by atoms with Crippen molar-refractivity contribution >= 4 is 53.2 Å². The zero-order valence-corrected chi connectivity index (χ0v) is 22.4. The molecule has 0 radical (unpaired) electrons. The molecule has 1 aromatic carbocycles. The molecule has 11 heteroatoms. The third kappa shape index (κ3) is 6.70. The predicted octanol–water partition coefficient (Wildman–Crippen LogP) is 5.57. The Kier molecular flexibility index (Phi) is 9.23. The molecule has 0 aliphatic carbocycles. The number of rotatable bonds is 7. The topological polar surface area (TPSA) is 103 Å². The van der Waals surface area contributed by atoms with Gasteiger partial charge in [0.1, 0.15) is 17.6 Å². The number of nitrogens with zero attached hydrogens (tertiary/aromatic N) is 6. The summed E-state index contributed by atoms with van der Waals surface area (Å²) in [6.45, 7) is 11.8. The Labute approximate surface area is 218 Å². The fourth-order valence-electron chi connectivity index (χ4n) is 3.41. The lowest BCUT2D eigenvalue weighted by Gasteiger charge is -2.20. The van der Waals surface area contributed by atoms with E-state index in [1.165, 1.54) is 0 Å². The Morgan fingerprint density at radius 2 is 1.86 bits per heavy atom. The first-order valence-electron chi connectivity index (χ1n) is 11.0. The summed E-state index contributed by atoms with van der Waals surface area (Å²) in [6.07, 6.45) is 3.49. The van der Waals surface area contributed by atoms with Gasteiger partial charge in [0.15, 0.2) is 11.6 Å². The molecule has 0 saturated heterocycles. The van der Waals surface area contributed by atoms with E-state index in [0.717, 1.165) is 46.0 Å². The molecule has 0 atom stereocenters. The number of aromatic nitrogens is 6. The first-order valence-corrected chi connectivity index (χ1v) is 11.0. The van der Waals surface area contributed by atoms with Crippen molar-refractivity contribution in [1.29, 1.82) is 0 Å². The quantitative estimate of drug-likeness (QED) is 0.327. The van der Waals surface area contributed by atoms with Crippen molar-refractivity contribution in [1.82, 2.24) is 29.7 Å². The molecule has 0 bridgehead atoms. The Bertz CT molecular complexity index is 1290. The molecular weight excluding hydrogens is 487 g/mol. The summed E-state index contributed by atoms with van der Waals surface area (Å²) < 4.78 is 7.76. The zero-order chi connectivity index (χ0) is 23.6. The number of ether oxygens (including phenoxy) is 1. The number of aryl methyl sites for hydroxylation is 2. The van der Waals surface area contributed by atoms with Gasteiger partial charge in [0.25, 0.3) is 0 Å². The Balaban J connectivity index is 0.00000216. The van der Waals surface area contributed by atoms with Crippen LogP contribution in [0.25, 0.3) is 22.3 Å². The van der Waals surface area contributed by atoms with Gasteiger partial charge in [0.2, 0.25) is 5.95 Å². The molecule has 0 aliphatic heterocycles. The molecule has 0 spiro atoms. The van der Waals surface area contributed by atoms with Gasteiger partial charge in [0.05, 0.1) is 12.3 Å². The van der Waals surface area contributed by atoms with Gasteiger partial charge in [-0.15, -0.1) is 35.0 Å². The summed E-state index contributed by atoms with van der Waals surface area (Å²) in [5.74, 6) is 2.68. The van der Waals surface area contributed by atoms with Crippen molar-refractivity contribution in [2.24, 2.45) is 12.5 Å². The normalized spacial score (nSPS) is 10.9. The molecule has 35 heavy (non-hydrogen) atoms. The van der Waals surface area contributed by atoms with Crippen LogP contribution in [0.4, 0.5) is 17.5 Å². The third-order valence-corrected chi connectivity index (χ3v) is 4.98. The highest BCUT2D eigenvalue weighted by atomic mass is 35.5. The second-order valence-corrected chi connectivity index (χ2v) is 9.19. The summed E-state index contributed by atoms with van der Waals surface area (Å²) in [7, 11) is 1.91. The lowest BCUT2D eigenvalue weighted by molar-refractivity contribution is 0.342. The van der Waals surface area contributed by atoms with Gasteiger partial charge in [-0.25, -0.2) is 15.0 Å². The molecule has 0 unspecified atom stereocenters. The molecule has 9 nitrogen and oxygen atoms in total. The van der Waals surface area contributed by atoms with Crippen molar-refractivity contribution in [3.05, 3.63) is 42.5 Å². The van der Waals surface area contributed by atoms with Crippen LogP contribution in [0.1, 0.15) is 33.4 Å². The SMILES string of the molecule is CCOc1cc(-c2nncn2C)ccc1Nc1ncc2cc(C)nc(NCC(C)(C)C)c2n1.Cl.Cl. The lowest BCUT2D eigenvalue weighted by Crippen LogP contribution is -2.20. The maximum absolute atomic E-state index is 5.89. The minimum absolute atomic E-state index is 0. The van der Waals surface area contributed by atoms with Crippen LogP contribution in [-0.4, -0.2) is 42.9 Å². The molecule has 0 aliphatic rings. The molecule has 188 valence electrons. The largest absolute Gasteiger partial charge is 0.492 e. The predicted molar refractivity (Wildman–Crippen MR) is 145 cm³/mol. The van der Waals surface area contributed by atoms with Crippen molar-refractivity contribution in [3.63, 3.8) is 0 Å². The first-order chi connectivity index (χ1) is 15.7. The van der Waals surface area contributed by atoms with E-state index in [1.54, 1.807) is 6.33 Å². The molecule has 4 aromatic rings. The van der Waals surface area contributed by atoms with E-state index in [9.17, 15) is 0 Å². The van der Waals surface area contributed by atoms with Crippen LogP contribution in [-0.2, 0) is 7.05 Å². The second-order valence-electron chi connectivity index (χ2n) is 9.19. The van der Waals surface area contributed by atoms with E-state index >= 15 is 0 Å². The summed E-state index contributed by atoms with van der Waals surface area (Å²) in [5, 5.41) is 15.8. The van der Waals surface area contributed by atoms with Gasteiger partial charge >= 0.3 is 0 Å². The van der Waals surface area contributed by atoms with Gasteiger partial charge in [-0.05, 0) is 43.5 Å². The van der Waals surface area contributed by atoms with Crippen LogP contribution in [0, 0.1) is 12.3 Å². The van der Waals surface area contributed by atoms with Crippen molar-refractivity contribution in [2.75, 3.05) is 23.8 Å². The maximum atomic E-state index is 5.89. The molecule has 3 heterocycles. The van der Waals surface area contributed by atoms with E-state index in [2.05, 4.69) is 51.6 Å². The third-order valence-electron chi connectivity index (χ3n) is 4.98. The van der Waals surface area contributed by atoms with Crippen LogP contribution in [0.15, 0.2) is 36.8 Å². The van der Waals surface area contributed by atoms with Gasteiger partial charge in [-0.3, -0.25) is 0 Å². The molecule has 4 rings (SSSR count). The minimum atomic E-state index is 0. The number of halogens is 2. The van der Waals surface area contributed by atoms with Gasteiger partial charge < -0.3 is 19.9 Å². The van der Waals surface area contributed by atoms with Crippen molar-refractivity contribution in [2.45, 2.75) is 34.6 Å². The van der Waals surface area contributed by atoms with Crippen LogP contribution in [0.2, 0.25) is 0 Å². The number of nitrogens with one attached hydrogen (secondary N) is 2. The van der Waals surface area contributed by atoms with Crippen LogP contribution >= 0.6 is 24.8 Å². The summed E-state index contributed by atoms with van der Waals surface area (Å²) >= 11 is 0. The fraction of sp³-hybridized carbons (Fsp3) is 0.375. The number of hydrogen-bond acceptors (Lipinski definition) is 8. The van der Waals surface area contributed by atoms with Gasteiger partial charge in [0, 0.05) is 36.4 Å². The van der Waals surface area contributed by atoms with Gasteiger partial charge in [-0.2, -0.15) is 0 Å². The molecular formula is C24H32Cl2N8O. The average Bonchev–Trinajstić information content (AvgIpc) is 3.19. The van der Waals surface area contributed by atoms with Crippen molar-refractivity contribution in [3.8, 4) is 17.1 Å². The lowest BCUT2D eigenvalue weighted by atomic mass is 9.97. The highest BCUT2D eigenvalue weighted by Crippen LogP contribution is 2.32. The molecule has 0 saturated carbocycles. The summed E-state index contributed by atoms with van der Waals surface area (Å²) in [4.78, 5) is 14.0. The van der Waals surface area contributed by atoms with E-state index in [0.29, 0.717) is 18.3 Å². The number of benzene rings is 1. The van der Waals surface area contributed by atoms with E-state index in [-0.39, 0.29) is 30.2 Å². The smallest absolute Gasteiger partial charge is 0.227 e. The Morgan fingerprint density at radius 3 is 2.51 bits per heavy atom. The zero-order valence-electron chi connectivity index (χ0n) is 20.8. The van der Waals surface area contributed by atoms with E-state index in [1.807, 2.05) is 55.9 Å².